The molecular weight excluding hydrogens is 206 g/mol. The Morgan fingerprint density at radius 1 is 1.50 bits per heavy atom. The van der Waals surface area contributed by atoms with Crippen molar-refractivity contribution in [2.75, 3.05) is 0 Å². The summed E-state index contributed by atoms with van der Waals surface area (Å²) in [6.45, 7) is 3.61. The van der Waals surface area contributed by atoms with Gasteiger partial charge >= 0.3 is 0 Å². The molecule has 2 heterocycles. The van der Waals surface area contributed by atoms with Crippen molar-refractivity contribution in [3.8, 4) is 0 Å². The quantitative estimate of drug-likeness (QED) is 0.742. The third-order valence-corrected chi connectivity index (χ3v) is 2.20. The summed E-state index contributed by atoms with van der Waals surface area (Å²) in [6.07, 6.45) is 5.52. The van der Waals surface area contributed by atoms with Crippen molar-refractivity contribution in [1.82, 2.24) is 35.1 Å². The minimum atomic E-state index is 0.331. The summed E-state index contributed by atoms with van der Waals surface area (Å²) in [5.74, 6) is 0.708. The van der Waals surface area contributed by atoms with Crippen LogP contribution in [0.3, 0.4) is 0 Å². The number of rotatable bonds is 5. The molecule has 1 atom stereocenters. The van der Waals surface area contributed by atoms with Gasteiger partial charge in [-0.2, -0.15) is 4.80 Å². The van der Waals surface area contributed by atoms with Crippen LogP contribution in [-0.4, -0.2) is 35.8 Å². The highest BCUT2D eigenvalue weighted by Crippen LogP contribution is 1.93. The molecule has 0 aliphatic heterocycles. The van der Waals surface area contributed by atoms with Gasteiger partial charge in [0.2, 0.25) is 0 Å². The summed E-state index contributed by atoms with van der Waals surface area (Å²) in [7, 11) is 1.76. The van der Waals surface area contributed by atoms with E-state index in [1.165, 1.54) is 4.80 Å². The lowest BCUT2D eigenvalue weighted by Gasteiger charge is -2.12. The summed E-state index contributed by atoms with van der Waals surface area (Å²) in [5, 5.41) is 15.1. The summed E-state index contributed by atoms with van der Waals surface area (Å²) in [6, 6.07) is 0.331. The van der Waals surface area contributed by atoms with E-state index in [2.05, 4.69) is 32.6 Å². The van der Waals surface area contributed by atoms with Crippen LogP contribution >= 0.6 is 0 Å². The van der Waals surface area contributed by atoms with E-state index in [9.17, 15) is 0 Å². The fourth-order valence-electron chi connectivity index (χ4n) is 1.44. The van der Waals surface area contributed by atoms with Crippen LogP contribution in [0.25, 0.3) is 0 Å². The second-order valence-electron chi connectivity index (χ2n) is 3.74. The van der Waals surface area contributed by atoms with Crippen LogP contribution in [0.5, 0.6) is 0 Å². The third-order valence-electron chi connectivity index (χ3n) is 2.20. The number of nitrogens with zero attached hydrogens (tertiary/aromatic N) is 6. The third kappa shape index (κ3) is 2.86. The predicted molar refractivity (Wildman–Crippen MR) is 57.3 cm³/mol. The lowest BCUT2D eigenvalue weighted by atomic mass is 10.3. The van der Waals surface area contributed by atoms with E-state index in [1.807, 2.05) is 10.8 Å². The van der Waals surface area contributed by atoms with E-state index in [1.54, 1.807) is 19.6 Å². The maximum Gasteiger partial charge on any atom is 0.188 e. The molecule has 0 saturated heterocycles. The first kappa shape index (κ1) is 10.7. The summed E-state index contributed by atoms with van der Waals surface area (Å²) in [5.41, 5.74) is 0. The van der Waals surface area contributed by atoms with Crippen LogP contribution in [0.4, 0.5) is 0 Å². The van der Waals surface area contributed by atoms with Gasteiger partial charge in [0, 0.05) is 25.0 Å². The highest BCUT2D eigenvalue weighted by molar-refractivity contribution is 4.79. The normalized spacial score (nSPS) is 12.9. The zero-order valence-corrected chi connectivity index (χ0v) is 9.41. The Bertz CT molecular complexity index is 419. The van der Waals surface area contributed by atoms with E-state index >= 15 is 0 Å². The number of hydrogen-bond acceptors (Lipinski definition) is 5. The zero-order chi connectivity index (χ0) is 11.4. The highest BCUT2D eigenvalue weighted by atomic mass is 15.6. The minimum absolute atomic E-state index is 0.331. The van der Waals surface area contributed by atoms with Gasteiger partial charge in [-0.1, -0.05) is 0 Å². The van der Waals surface area contributed by atoms with Crippen LogP contribution in [0.15, 0.2) is 18.7 Å². The molecule has 86 valence electrons. The maximum atomic E-state index is 4.09. The second kappa shape index (κ2) is 4.84. The predicted octanol–water partition coefficient (Wildman–Crippen LogP) is -0.415. The van der Waals surface area contributed by atoms with E-state index in [0.717, 1.165) is 6.54 Å². The molecule has 1 unspecified atom stereocenters. The van der Waals surface area contributed by atoms with E-state index < -0.39 is 0 Å². The summed E-state index contributed by atoms with van der Waals surface area (Å²) < 4.78 is 2.03. The number of imidazole rings is 1. The van der Waals surface area contributed by atoms with Crippen LogP contribution in [0.1, 0.15) is 12.7 Å². The molecule has 2 rings (SSSR count). The second-order valence-corrected chi connectivity index (χ2v) is 3.74. The standard InChI is InChI=1S/C9H15N7/c1-8(6-16-4-3-10-7-16)11-5-9-12-14-15(2)13-9/h3-4,7-8,11H,5-6H2,1-2H3. The molecule has 0 radical (unpaired) electrons. The molecule has 0 fully saturated rings. The Balaban J connectivity index is 1.77. The van der Waals surface area contributed by atoms with Crippen LogP contribution < -0.4 is 5.32 Å². The molecule has 0 bridgehead atoms. The van der Waals surface area contributed by atoms with Gasteiger partial charge in [0.1, 0.15) is 0 Å². The molecule has 7 nitrogen and oxygen atoms in total. The Kier molecular flexibility index (Phi) is 3.25. The van der Waals surface area contributed by atoms with Gasteiger partial charge in [0.15, 0.2) is 5.82 Å². The fourth-order valence-corrected chi connectivity index (χ4v) is 1.44. The average molecular weight is 221 g/mol. The van der Waals surface area contributed by atoms with Crippen molar-refractivity contribution >= 4 is 0 Å². The van der Waals surface area contributed by atoms with E-state index in [0.29, 0.717) is 18.4 Å². The first-order valence-corrected chi connectivity index (χ1v) is 5.16. The Labute approximate surface area is 93.5 Å². The number of hydrogen-bond donors (Lipinski definition) is 1. The lowest BCUT2D eigenvalue weighted by molar-refractivity contribution is 0.468. The fraction of sp³-hybridized carbons (Fsp3) is 0.556. The topological polar surface area (TPSA) is 73.5 Å². The molecule has 0 aromatic carbocycles. The minimum Gasteiger partial charge on any atom is -0.336 e. The molecule has 0 amide bonds. The van der Waals surface area contributed by atoms with Gasteiger partial charge in [0.05, 0.1) is 19.9 Å². The number of aryl methyl sites for hydroxylation is 1. The first-order valence-electron chi connectivity index (χ1n) is 5.16. The molecule has 0 saturated carbocycles. The van der Waals surface area contributed by atoms with Crippen LogP contribution in [0, 0.1) is 0 Å². The number of aromatic nitrogens is 6. The summed E-state index contributed by atoms with van der Waals surface area (Å²) in [4.78, 5) is 5.45. The van der Waals surface area contributed by atoms with Gasteiger partial charge in [-0.3, -0.25) is 0 Å². The summed E-state index contributed by atoms with van der Waals surface area (Å²) >= 11 is 0. The molecule has 0 spiro atoms. The molecular formula is C9H15N7. The van der Waals surface area contributed by atoms with Crippen molar-refractivity contribution in [3.63, 3.8) is 0 Å². The number of tetrazole rings is 1. The first-order chi connectivity index (χ1) is 7.74. The highest BCUT2D eigenvalue weighted by Gasteiger charge is 2.05. The maximum absolute atomic E-state index is 4.09. The molecule has 2 aromatic rings. The van der Waals surface area contributed by atoms with Gasteiger partial charge in [-0.25, -0.2) is 4.98 Å². The van der Waals surface area contributed by atoms with E-state index in [4.69, 9.17) is 0 Å². The Morgan fingerprint density at radius 3 is 3.00 bits per heavy atom. The van der Waals surface area contributed by atoms with Crippen molar-refractivity contribution < 1.29 is 0 Å². The van der Waals surface area contributed by atoms with Crippen LogP contribution in [-0.2, 0) is 20.1 Å². The Hall–Kier alpha value is -1.76. The molecule has 2 aromatic heterocycles. The van der Waals surface area contributed by atoms with Crippen LogP contribution in [0.2, 0.25) is 0 Å². The molecule has 7 heteroatoms. The molecule has 0 aliphatic rings. The average Bonchev–Trinajstić information content (AvgIpc) is 2.87. The van der Waals surface area contributed by atoms with Crippen molar-refractivity contribution in [1.29, 1.82) is 0 Å². The SMILES string of the molecule is CC(Cn1ccnc1)NCc1nnn(C)n1. The Morgan fingerprint density at radius 2 is 2.38 bits per heavy atom. The number of nitrogens with one attached hydrogen (secondary N) is 1. The smallest absolute Gasteiger partial charge is 0.188 e. The van der Waals surface area contributed by atoms with Gasteiger partial charge in [0.25, 0.3) is 0 Å². The molecule has 0 aliphatic carbocycles. The largest absolute Gasteiger partial charge is 0.336 e. The van der Waals surface area contributed by atoms with Gasteiger partial charge in [-0.05, 0) is 12.1 Å². The van der Waals surface area contributed by atoms with Crippen molar-refractivity contribution in [3.05, 3.63) is 24.5 Å². The van der Waals surface area contributed by atoms with Gasteiger partial charge < -0.3 is 9.88 Å². The monoisotopic (exact) mass is 221 g/mol. The van der Waals surface area contributed by atoms with E-state index in [-0.39, 0.29) is 0 Å². The molecule has 16 heavy (non-hydrogen) atoms. The van der Waals surface area contributed by atoms with Crippen molar-refractivity contribution in [2.45, 2.75) is 26.1 Å². The zero-order valence-electron chi connectivity index (χ0n) is 9.41. The van der Waals surface area contributed by atoms with Gasteiger partial charge in [-0.15, -0.1) is 10.2 Å². The molecule has 1 N–H and O–H groups in total. The lowest BCUT2D eigenvalue weighted by Crippen LogP contribution is -2.30. The van der Waals surface area contributed by atoms with Crippen molar-refractivity contribution in [2.24, 2.45) is 7.05 Å².